The van der Waals surface area contributed by atoms with Gasteiger partial charge in [-0.2, -0.15) is 0 Å². The second-order valence-corrected chi connectivity index (χ2v) is 5.72. The van der Waals surface area contributed by atoms with E-state index in [4.69, 9.17) is 0 Å². The molecule has 0 fully saturated rings. The first kappa shape index (κ1) is 11.8. The molecule has 2 aromatic rings. The van der Waals surface area contributed by atoms with Crippen LogP contribution < -0.4 is 5.32 Å². The lowest BCUT2D eigenvalue weighted by atomic mass is 10.1. The Morgan fingerprint density at radius 1 is 1.44 bits per heavy atom. The lowest BCUT2D eigenvalue weighted by molar-refractivity contribution is 0.722. The van der Waals surface area contributed by atoms with E-state index in [1.165, 1.54) is 27.6 Å². The number of pyridine rings is 1. The Labute approximate surface area is 111 Å². The second-order valence-electron chi connectivity index (χ2n) is 4.58. The molecular formula is C14H17N3S. The van der Waals surface area contributed by atoms with Crippen molar-refractivity contribution in [2.75, 3.05) is 6.54 Å². The number of thiazole rings is 1. The summed E-state index contributed by atoms with van der Waals surface area (Å²) < 4.78 is 0. The van der Waals surface area contributed by atoms with E-state index in [0.29, 0.717) is 5.92 Å². The molecule has 1 unspecified atom stereocenters. The molecule has 1 aliphatic carbocycles. The van der Waals surface area contributed by atoms with E-state index in [0.717, 1.165) is 19.5 Å². The third-order valence-corrected chi connectivity index (χ3v) is 4.51. The summed E-state index contributed by atoms with van der Waals surface area (Å²) in [5.74, 6) is 0.467. The van der Waals surface area contributed by atoms with Gasteiger partial charge in [0.2, 0.25) is 0 Å². The SMILES string of the molecule is CCNCc1ncc(C2CCc3cccnc32)s1. The van der Waals surface area contributed by atoms with Gasteiger partial charge in [-0.15, -0.1) is 11.3 Å². The number of aryl methyl sites for hydroxylation is 1. The topological polar surface area (TPSA) is 37.8 Å². The van der Waals surface area contributed by atoms with Crippen molar-refractivity contribution in [2.45, 2.75) is 32.2 Å². The summed E-state index contributed by atoms with van der Waals surface area (Å²) in [5, 5.41) is 4.50. The van der Waals surface area contributed by atoms with Crippen LogP contribution in [0, 0.1) is 0 Å². The number of fused-ring (bicyclic) bond motifs is 1. The Bertz CT molecular complexity index is 535. The molecule has 0 saturated carbocycles. The molecule has 0 saturated heterocycles. The lowest BCUT2D eigenvalue weighted by Gasteiger charge is -2.06. The largest absolute Gasteiger partial charge is 0.311 e. The van der Waals surface area contributed by atoms with Crippen molar-refractivity contribution in [3.05, 3.63) is 45.7 Å². The van der Waals surface area contributed by atoms with E-state index in [2.05, 4.69) is 28.3 Å². The molecule has 2 heterocycles. The van der Waals surface area contributed by atoms with Crippen LogP contribution in [0.3, 0.4) is 0 Å². The third kappa shape index (κ3) is 2.18. The Balaban J connectivity index is 1.82. The quantitative estimate of drug-likeness (QED) is 0.917. The van der Waals surface area contributed by atoms with Crippen LogP contribution in [0.15, 0.2) is 24.5 Å². The van der Waals surface area contributed by atoms with Gasteiger partial charge in [-0.25, -0.2) is 4.98 Å². The predicted molar refractivity (Wildman–Crippen MR) is 73.9 cm³/mol. The van der Waals surface area contributed by atoms with Crippen LogP contribution in [-0.2, 0) is 13.0 Å². The van der Waals surface area contributed by atoms with Gasteiger partial charge in [-0.1, -0.05) is 13.0 Å². The van der Waals surface area contributed by atoms with Crippen LogP contribution in [0.4, 0.5) is 0 Å². The molecule has 18 heavy (non-hydrogen) atoms. The summed E-state index contributed by atoms with van der Waals surface area (Å²) in [6, 6.07) is 4.23. The minimum Gasteiger partial charge on any atom is -0.311 e. The molecule has 2 aromatic heterocycles. The average Bonchev–Trinajstić information content (AvgIpc) is 3.02. The molecule has 1 N–H and O–H groups in total. The first-order valence-electron chi connectivity index (χ1n) is 6.47. The highest BCUT2D eigenvalue weighted by Crippen LogP contribution is 2.38. The number of rotatable bonds is 4. The van der Waals surface area contributed by atoms with E-state index in [1.807, 2.05) is 29.8 Å². The zero-order valence-corrected chi connectivity index (χ0v) is 11.3. The van der Waals surface area contributed by atoms with E-state index >= 15 is 0 Å². The lowest BCUT2D eigenvalue weighted by Crippen LogP contribution is -2.11. The Morgan fingerprint density at radius 3 is 3.28 bits per heavy atom. The van der Waals surface area contributed by atoms with E-state index in [1.54, 1.807) is 0 Å². The van der Waals surface area contributed by atoms with Crippen molar-refractivity contribution >= 4 is 11.3 Å². The highest BCUT2D eigenvalue weighted by molar-refractivity contribution is 7.11. The zero-order chi connectivity index (χ0) is 12.4. The fraction of sp³-hybridized carbons (Fsp3) is 0.429. The summed E-state index contributed by atoms with van der Waals surface area (Å²) >= 11 is 1.82. The monoisotopic (exact) mass is 259 g/mol. The summed E-state index contributed by atoms with van der Waals surface area (Å²) in [5.41, 5.74) is 2.67. The second kappa shape index (κ2) is 5.16. The van der Waals surface area contributed by atoms with Crippen molar-refractivity contribution in [2.24, 2.45) is 0 Å². The van der Waals surface area contributed by atoms with Gasteiger partial charge < -0.3 is 5.32 Å². The smallest absolute Gasteiger partial charge is 0.107 e. The third-order valence-electron chi connectivity index (χ3n) is 3.40. The molecule has 1 aliphatic rings. The van der Waals surface area contributed by atoms with Crippen molar-refractivity contribution in [3.8, 4) is 0 Å². The molecule has 0 amide bonds. The number of nitrogens with one attached hydrogen (secondary N) is 1. The number of hydrogen-bond acceptors (Lipinski definition) is 4. The number of nitrogens with zero attached hydrogens (tertiary/aromatic N) is 2. The maximum atomic E-state index is 4.55. The highest BCUT2D eigenvalue weighted by atomic mass is 32.1. The van der Waals surface area contributed by atoms with Crippen LogP contribution in [0.5, 0.6) is 0 Å². The van der Waals surface area contributed by atoms with Gasteiger partial charge in [-0.05, 0) is 31.0 Å². The van der Waals surface area contributed by atoms with Crippen molar-refractivity contribution in [1.29, 1.82) is 0 Å². The van der Waals surface area contributed by atoms with Crippen molar-refractivity contribution in [1.82, 2.24) is 15.3 Å². The standard InChI is InChI=1S/C14H17N3S/c1-2-15-9-13-17-8-12(18-13)11-6-5-10-4-3-7-16-14(10)11/h3-4,7-8,11,15H,2,5-6,9H2,1H3. The Morgan fingerprint density at radius 2 is 2.39 bits per heavy atom. The molecule has 0 aromatic carbocycles. The maximum absolute atomic E-state index is 4.55. The van der Waals surface area contributed by atoms with Gasteiger partial charge >= 0.3 is 0 Å². The summed E-state index contributed by atoms with van der Waals surface area (Å²) in [7, 11) is 0. The minimum atomic E-state index is 0.467. The van der Waals surface area contributed by atoms with Gasteiger partial charge in [0.25, 0.3) is 0 Å². The highest BCUT2D eigenvalue weighted by Gasteiger charge is 2.26. The molecule has 0 aliphatic heterocycles. The molecule has 94 valence electrons. The molecule has 0 bridgehead atoms. The summed E-state index contributed by atoms with van der Waals surface area (Å²) in [4.78, 5) is 10.4. The fourth-order valence-corrected chi connectivity index (χ4v) is 3.52. The zero-order valence-electron chi connectivity index (χ0n) is 10.5. The Hall–Kier alpha value is -1.26. The van der Waals surface area contributed by atoms with Crippen LogP contribution >= 0.6 is 11.3 Å². The van der Waals surface area contributed by atoms with Crippen molar-refractivity contribution < 1.29 is 0 Å². The molecule has 3 nitrogen and oxygen atoms in total. The van der Waals surface area contributed by atoms with Crippen LogP contribution in [-0.4, -0.2) is 16.5 Å². The summed E-state index contributed by atoms with van der Waals surface area (Å²) in [6.45, 7) is 3.98. The van der Waals surface area contributed by atoms with Crippen LogP contribution in [0.2, 0.25) is 0 Å². The van der Waals surface area contributed by atoms with Gasteiger partial charge in [0.05, 0.1) is 5.69 Å². The average molecular weight is 259 g/mol. The predicted octanol–water partition coefficient (Wildman–Crippen LogP) is 2.73. The molecule has 4 heteroatoms. The van der Waals surface area contributed by atoms with Gasteiger partial charge in [-0.3, -0.25) is 4.98 Å². The molecular weight excluding hydrogens is 242 g/mol. The van der Waals surface area contributed by atoms with Crippen LogP contribution in [0.1, 0.15) is 40.4 Å². The minimum absolute atomic E-state index is 0.467. The molecule has 0 spiro atoms. The van der Waals surface area contributed by atoms with E-state index < -0.39 is 0 Å². The molecule has 3 rings (SSSR count). The molecule has 1 atom stereocenters. The normalized spacial score (nSPS) is 17.9. The number of hydrogen-bond donors (Lipinski definition) is 1. The van der Waals surface area contributed by atoms with Gasteiger partial charge in [0, 0.05) is 29.7 Å². The summed E-state index contributed by atoms with van der Waals surface area (Å²) in [6.07, 6.45) is 6.26. The van der Waals surface area contributed by atoms with Gasteiger partial charge in [0.1, 0.15) is 5.01 Å². The number of aromatic nitrogens is 2. The van der Waals surface area contributed by atoms with Gasteiger partial charge in [0.15, 0.2) is 0 Å². The Kier molecular flexibility index (Phi) is 3.39. The van der Waals surface area contributed by atoms with Crippen LogP contribution in [0.25, 0.3) is 0 Å². The van der Waals surface area contributed by atoms with Crippen molar-refractivity contribution in [3.63, 3.8) is 0 Å². The fourth-order valence-electron chi connectivity index (χ4n) is 2.49. The maximum Gasteiger partial charge on any atom is 0.107 e. The first-order valence-corrected chi connectivity index (χ1v) is 7.29. The molecule has 0 radical (unpaired) electrons. The van der Waals surface area contributed by atoms with E-state index in [9.17, 15) is 0 Å². The van der Waals surface area contributed by atoms with E-state index in [-0.39, 0.29) is 0 Å². The first-order chi connectivity index (χ1) is 8.88.